The minimum atomic E-state index is -0.195. The van der Waals surface area contributed by atoms with E-state index < -0.39 is 0 Å². The Hall–Kier alpha value is -2.04. The van der Waals surface area contributed by atoms with E-state index in [9.17, 15) is 0 Å². The van der Waals surface area contributed by atoms with Gasteiger partial charge >= 0.3 is 0 Å². The summed E-state index contributed by atoms with van der Waals surface area (Å²) in [4.78, 5) is 4.50. The van der Waals surface area contributed by atoms with Crippen LogP contribution in [0, 0.1) is 0 Å². The number of hydrogen-bond donors (Lipinski definition) is 1. The van der Waals surface area contributed by atoms with Crippen molar-refractivity contribution in [2.75, 3.05) is 6.61 Å². The second-order valence-corrected chi connectivity index (χ2v) is 4.72. The topological polar surface area (TPSA) is 60.0 Å². The van der Waals surface area contributed by atoms with Crippen molar-refractivity contribution in [1.29, 1.82) is 0 Å². The molecule has 2 aliphatic rings. The van der Waals surface area contributed by atoms with Crippen LogP contribution in [-0.4, -0.2) is 21.8 Å². The highest BCUT2D eigenvalue weighted by Crippen LogP contribution is 2.39. The number of aromatic nitrogens is 3. The summed E-state index contributed by atoms with van der Waals surface area (Å²) in [5.74, 6) is 3.76. The van der Waals surface area contributed by atoms with Gasteiger partial charge in [0, 0.05) is 5.92 Å². The molecular formula is C13H13N3O2. The molecule has 5 nitrogen and oxygen atoms in total. The molecule has 2 heterocycles. The molecule has 92 valence electrons. The molecule has 18 heavy (non-hydrogen) atoms. The molecular weight excluding hydrogens is 230 g/mol. The van der Waals surface area contributed by atoms with Crippen LogP contribution in [0.5, 0.6) is 11.5 Å². The van der Waals surface area contributed by atoms with E-state index in [1.54, 1.807) is 0 Å². The number of nitrogens with zero attached hydrogens (tertiary/aromatic N) is 2. The molecule has 0 bridgehead atoms. The number of aromatic amines is 1. The molecule has 1 N–H and O–H groups in total. The van der Waals surface area contributed by atoms with Gasteiger partial charge in [-0.2, -0.15) is 5.10 Å². The van der Waals surface area contributed by atoms with Crippen molar-refractivity contribution in [3.05, 3.63) is 35.9 Å². The van der Waals surface area contributed by atoms with Gasteiger partial charge in [-0.15, -0.1) is 0 Å². The van der Waals surface area contributed by atoms with E-state index >= 15 is 0 Å². The molecule has 1 aliphatic carbocycles. The van der Waals surface area contributed by atoms with E-state index in [1.165, 1.54) is 12.8 Å². The zero-order valence-electron chi connectivity index (χ0n) is 9.80. The van der Waals surface area contributed by atoms with E-state index in [2.05, 4.69) is 15.2 Å². The van der Waals surface area contributed by atoms with Gasteiger partial charge < -0.3 is 9.47 Å². The van der Waals surface area contributed by atoms with Gasteiger partial charge in [-0.25, -0.2) is 4.98 Å². The lowest BCUT2D eigenvalue weighted by molar-refractivity contribution is 0.0853. The van der Waals surface area contributed by atoms with Gasteiger partial charge in [0.05, 0.1) is 0 Å². The normalized spacial score (nSPS) is 21.9. The second-order valence-electron chi connectivity index (χ2n) is 4.72. The molecule has 1 atom stereocenters. The molecule has 1 aliphatic heterocycles. The first kappa shape index (κ1) is 9.94. The Balaban J connectivity index is 1.59. The van der Waals surface area contributed by atoms with Crippen molar-refractivity contribution in [2.45, 2.75) is 24.9 Å². The largest absolute Gasteiger partial charge is 0.485 e. The Labute approximate surface area is 104 Å². The van der Waals surface area contributed by atoms with E-state index in [0.717, 1.165) is 23.1 Å². The van der Waals surface area contributed by atoms with Crippen LogP contribution in [0.25, 0.3) is 0 Å². The minimum Gasteiger partial charge on any atom is -0.485 e. The van der Waals surface area contributed by atoms with Gasteiger partial charge in [0.15, 0.2) is 29.3 Å². The van der Waals surface area contributed by atoms with Crippen molar-refractivity contribution in [1.82, 2.24) is 15.2 Å². The molecule has 1 aromatic heterocycles. The molecule has 5 heteroatoms. The Morgan fingerprint density at radius 1 is 1.17 bits per heavy atom. The summed E-state index contributed by atoms with van der Waals surface area (Å²) in [5.41, 5.74) is 0. The standard InChI is InChI=1S/C13H13N3O2/c1-2-4-10-9(3-1)17-7-11(18-10)13-14-12(15-16-13)8-5-6-8/h1-4,8,11H,5-7H2,(H,14,15,16). The lowest BCUT2D eigenvalue weighted by Gasteiger charge is -2.24. The summed E-state index contributed by atoms with van der Waals surface area (Å²) in [6, 6.07) is 7.67. The first-order valence-electron chi connectivity index (χ1n) is 6.21. The predicted molar refractivity (Wildman–Crippen MR) is 63.7 cm³/mol. The maximum absolute atomic E-state index is 5.87. The number of benzene rings is 1. The van der Waals surface area contributed by atoms with Crippen molar-refractivity contribution in [2.24, 2.45) is 0 Å². The van der Waals surface area contributed by atoms with Crippen molar-refractivity contribution >= 4 is 0 Å². The zero-order chi connectivity index (χ0) is 11.9. The number of rotatable bonds is 2. The molecule has 0 amide bonds. The van der Waals surface area contributed by atoms with Crippen LogP contribution in [0.2, 0.25) is 0 Å². The molecule has 1 aromatic carbocycles. The summed E-state index contributed by atoms with van der Waals surface area (Å²) in [7, 11) is 0. The second kappa shape index (κ2) is 3.73. The average molecular weight is 243 g/mol. The van der Waals surface area contributed by atoms with Crippen molar-refractivity contribution in [3.63, 3.8) is 0 Å². The number of nitrogens with one attached hydrogen (secondary N) is 1. The summed E-state index contributed by atoms with van der Waals surface area (Å²) in [6.45, 7) is 0.469. The monoisotopic (exact) mass is 243 g/mol. The molecule has 0 spiro atoms. The Morgan fingerprint density at radius 2 is 2.00 bits per heavy atom. The average Bonchev–Trinajstić information content (AvgIpc) is 3.16. The van der Waals surface area contributed by atoms with Gasteiger partial charge in [0.1, 0.15) is 6.61 Å². The molecule has 4 rings (SSSR count). The fraction of sp³-hybridized carbons (Fsp3) is 0.385. The number of hydrogen-bond acceptors (Lipinski definition) is 4. The van der Waals surface area contributed by atoms with Gasteiger partial charge in [0.2, 0.25) is 0 Å². The highest BCUT2D eigenvalue weighted by molar-refractivity contribution is 5.40. The van der Waals surface area contributed by atoms with E-state index in [4.69, 9.17) is 9.47 Å². The highest BCUT2D eigenvalue weighted by atomic mass is 16.6. The van der Waals surface area contributed by atoms with Crippen LogP contribution in [-0.2, 0) is 0 Å². The van der Waals surface area contributed by atoms with E-state index in [-0.39, 0.29) is 6.10 Å². The predicted octanol–water partition coefficient (Wildman–Crippen LogP) is 2.19. The molecule has 2 aromatic rings. The molecule has 0 radical (unpaired) electrons. The number of fused-ring (bicyclic) bond motifs is 1. The van der Waals surface area contributed by atoms with Crippen molar-refractivity contribution < 1.29 is 9.47 Å². The van der Waals surface area contributed by atoms with E-state index in [1.807, 2.05) is 24.3 Å². The minimum absolute atomic E-state index is 0.195. The van der Waals surface area contributed by atoms with Crippen LogP contribution in [0.15, 0.2) is 24.3 Å². The highest BCUT2D eigenvalue weighted by Gasteiger charge is 2.30. The third-order valence-corrected chi connectivity index (χ3v) is 3.28. The Morgan fingerprint density at radius 3 is 2.83 bits per heavy atom. The fourth-order valence-electron chi connectivity index (χ4n) is 2.11. The number of ether oxygens (including phenoxy) is 2. The fourth-order valence-corrected chi connectivity index (χ4v) is 2.11. The Kier molecular flexibility index (Phi) is 2.06. The lowest BCUT2D eigenvalue weighted by atomic mass is 10.2. The summed E-state index contributed by atoms with van der Waals surface area (Å²) >= 11 is 0. The molecule has 1 fully saturated rings. The number of H-pyrrole nitrogens is 1. The summed E-state index contributed by atoms with van der Waals surface area (Å²) in [5, 5.41) is 7.20. The number of para-hydroxylation sites is 2. The first-order valence-corrected chi connectivity index (χ1v) is 6.21. The Bertz CT molecular complexity index is 577. The van der Waals surface area contributed by atoms with Gasteiger partial charge in [-0.3, -0.25) is 5.10 Å². The maximum atomic E-state index is 5.87. The zero-order valence-corrected chi connectivity index (χ0v) is 9.80. The van der Waals surface area contributed by atoms with E-state index in [0.29, 0.717) is 12.5 Å². The van der Waals surface area contributed by atoms with Gasteiger partial charge in [0.25, 0.3) is 0 Å². The smallest absolute Gasteiger partial charge is 0.191 e. The summed E-state index contributed by atoms with van der Waals surface area (Å²) in [6.07, 6.45) is 2.20. The van der Waals surface area contributed by atoms with Gasteiger partial charge in [-0.1, -0.05) is 12.1 Å². The van der Waals surface area contributed by atoms with Crippen LogP contribution in [0.4, 0.5) is 0 Å². The lowest BCUT2D eigenvalue weighted by Crippen LogP contribution is -2.22. The van der Waals surface area contributed by atoms with Gasteiger partial charge in [-0.05, 0) is 25.0 Å². The first-order chi connectivity index (χ1) is 8.90. The van der Waals surface area contributed by atoms with Crippen LogP contribution in [0.3, 0.4) is 0 Å². The van der Waals surface area contributed by atoms with Crippen LogP contribution in [0.1, 0.15) is 36.5 Å². The molecule has 1 saturated carbocycles. The maximum Gasteiger partial charge on any atom is 0.191 e. The third kappa shape index (κ3) is 1.63. The summed E-state index contributed by atoms with van der Waals surface area (Å²) < 4.78 is 11.5. The quantitative estimate of drug-likeness (QED) is 0.878. The van der Waals surface area contributed by atoms with Crippen LogP contribution >= 0.6 is 0 Å². The molecule has 0 saturated heterocycles. The van der Waals surface area contributed by atoms with Crippen LogP contribution < -0.4 is 9.47 Å². The third-order valence-electron chi connectivity index (χ3n) is 3.28. The van der Waals surface area contributed by atoms with Crippen molar-refractivity contribution in [3.8, 4) is 11.5 Å². The SMILES string of the molecule is c1ccc2c(c1)OCC(c1nc(C3CC3)n[nH]1)O2. The molecule has 1 unspecified atom stereocenters.